The Morgan fingerprint density at radius 2 is 2.25 bits per heavy atom. The van der Waals surface area contributed by atoms with Crippen LogP contribution in [0.4, 0.5) is 0 Å². The number of imidazole rings is 1. The Labute approximate surface area is 142 Å². The Hall–Kier alpha value is -1.85. The summed E-state index contributed by atoms with van der Waals surface area (Å²) in [5.41, 5.74) is 2.45. The number of hydrogen-bond donors (Lipinski definition) is 1. The molecule has 4 rings (SSSR count). The number of nitrogens with zero attached hydrogens (tertiary/aromatic N) is 3. The van der Waals surface area contributed by atoms with E-state index < -0.39 is 0 Å². The van der Waals surface area contributed by atoms with Crippen LogP contribution in [-0.2, 0) is 13.0 Å². The standard InChI is InChI=1S/C19H25N3O2/c23-17-3-1-8-21(14-17)9-2-10-22-11-7-20-19(22)16-4-5-18-15(13-16)6-12-24-18/h4-5,7,11,13,17,23H,1-3,6,8-10,12,14H2/t17-/m1/s1. The average Bonchev–Trinajstić information content (AvgIpc) is 3.23. The molecule has 2 aliphatic rings. The average molecular weight is 327 g/mol. The Bertz CT molecular complexity index is 698. The van der Waals surface area contributed by atoms with Gasteiger partial charge in [-0.2, -0.15) is 0 Å². The molecule has 5 nitrogen and oxygen atoms in total. The lowest BCUT2D eigenvalue weighted by Gasteiger charge is -2.29. The van der Waals surface area contributed by atoms with Crippen molar-refractivity contribution in [2.75, 3.05) is 26.2 Å². The maximum absolute atomic E-state index is 9.77. The minimum absolute atomic E-state index is 0.142. The third-order valence-corrected chi connectivity index (χ3v) is 5.02. The van der Waals surface area contributed by atoms with Crippen molar-refractivity contribution >= 4 is 0 Å². The molecule has 0 aliphatic carbocycles. The van der Waals surface area contributed by atoms with E-state index in [1.165, 1.54) is 5.56 Å². The van der Waals surface area contributed by atoms with Gasteiger partial charge in [0.15, 0.2) is 0 Å². The van der Waals surface area contributed by atoms with Crippen LogP contribution in [0.1, 0.15) is 24.8 Å². The van der Waals surface area contributed by atoms with Gasteiger partial charge < -0.3 is 19.3 Å². The molecule has 5 heteroatoms. The molecule has 2 aliphatic heterocycles. The minimum atomic E-state index is -0.142. The second kappa shape index (κ2) is 6.95. The summed E-state index contributed by atoms with van der Waals surface area (Å²) in [5.74, 6) is 2.05. The van der Waals surface area contributed by atoms with E-state index in [0.29, 0.717) is 0 Å². The summed E-state index contributed by atoms with van der Waals surface area (Å²) in [6.45, 7) is 4.71. The first-order chi connectivity index (χ1) is 11.8. The van der Waals surface area contributed by atoms with E-state index in [2.05, 4.69) is 38.8 Å². The van der Waals surface area contributed by atoms with Gasteiger partial charge >= 0.3 is 0 Å². The van der Waals surface area contributed by atoms with Gasteiger partial charge in [-0.25, -0.2) is 4.98 Å². The number of aliphatic hydroxyl groups is 1. The SMILES string of the molecule is O[C@@H]1CCCN(CCCn2ccnc2-c2ccc3c(c2)CCO3)C1. The van der Waals surface area contributed by atoms with Gasteiger partial charge in [0.05, 0.1) is 12.7 Å². The van der Waals surface area contributed by atoms with Gasteiger partial charge in [0.2, 0.25) is 0 Å². The fourth-order valence-corrected chi connectivity index (χ4v) is 3.77. The number of ether oxygens (including phenoxy) is 1. The molecular weight excluding hydrogens is 302 g/mol. The number of aromatic nitrogens is 2. The first kappa shape index (κ1) is 15.7. The number of benzene rings is 1. The maximum Gasteiger partial charge on any atom is 0.139 e. The molecule has 0 radical (unpaired) electrons. The van der Waals surface area contributed by atoms with E-state index in [0.717, 1.165) is 75.6 Å². The lowest BCUT2D eigenvalue weighted by atomic mass is 10.1. The number of likely N-dealkylation sites (tertiary alicyclic amines) is 1. The van der Waals surface area contributed by atoms with Crippen LogP contribution in [-0.4, -0.2) is 51.9 Å². The van der Waals surface area contributed by atoms with Crippen molar-refractivity contribution in [1.82, 2.24) is 14.5 Å². The fourth-order valence-electron chi connectivity index (χ4n) is 3.77. The maximum atomic E-state index is 9.77. The normalized spacial score (nSPS) is 20.8. The molecule has 1 atom stereocenters. The van der Waals surface area contributed by atoms with Crippen LogP contribution in [0, 0.1) is 0 Å². The van der Waals surface area contributed by atoms with E-state index in [4.69, 9.17) is 4.74 Å². The number of rotatable bonds is 5. The first-order valence-corrected chi connectivity index (χ1v) is 8.97. The molecule has 1 aromatic carbocycles. The van der Waals surface area contributed by atoms with Crippen LogP contribution >= 0.6 is 0 Å². The van der Waals surface area contributed by atoms with Crippen LogP contribution in [0.25, 0.3) is 11.4 Å². The number of hydrogen-bond acceptors (Lipinski definition) is 4. The van der Waals surface area contributed by atoms with Crippen molar-refractivity contribution in [3.63, 3.8) is 0 Å². The molecule has 0 bridgehead atoms. The summed E-state index contributed by atoms with van der Waals surface area (Å²) in [7, 11) is 0. The van der Waals surface area contributed by atoms with Gasteiger partial charge in [-0.15, -0.1) is 0 Å². The Kier molecular flexibility index (Phi) is 4.54. The molecule has 24 heavy (non-hydrogen) atoms. The molecule has 1 fully saturated rings. The summed E-state index contributed by atoms with van der Waals surface area (Å²) in [5, 5.41) is 9.77. The highest BCUT2D eigenvalue weighted by Gasteiger charge is 2.17. The lowest BCUT2D eigenvalue weighted by molar-refractivity contribution is 0.0695. The van der Waals surface area contributed by atoms with Crippen LogP contribution in [0.2, 0.25) is 0 Å². The molecular formula is C19H25N3O2. The van der Waals surface area contributed by atoms with Gasteiger partial charge in [-0.1, -0.05) is 0 Å². The Morgan fingerprint density at radius 1 is 1.29 bits per heavy atom. The largest absolute Gasteiger partial charge is 0.493 e. The van der Waals surface area contributed by atoms with Crippen molar-refractivity contribution in [2.45, 2.75) is 38.3 Å². The Morgan fingerprint density at radius 3 is 3.17 bits per heavy atom. The molecule has 2 aromatic rings. The van der Waals surface area contributed by atoms with Crippen molar-refractivity contribution in [3.05, 3.63) is 36.2 Å². The van der Waals surface area contributed by atoms with Crippen molar-refractivity contribution in [2.24, 2.45) is 0 Å². The zero-order chi connectivity index (χ0) is 16.4. The van der Waals surface area contributed by atoms with Crippen LogP contribution in [0.15, 0.2) is 30.6 Å². The molecule has 128 valence electrons. The van der Waals surface area contributed by atoms with E-state index in [1.54, 1.807) is 0 Å². The third-order valence-electron chi connectivity index (χ3n) is 5.02. The predicted molar refractivity (Wildman–Crippen MR) is 93.2 cm³/mol. The minimum Gasteiger partial charge on any atom is -0.493 e. The van der Waals surface area contributed by atoms with Crippen LogP contribution in [0.5, 0.6) is 5.75 Å². The van der Waals surface area contributed by atoms with Gasteiger partial charge in [-0.05, 0) is 56.1 Å². The third kappa shape index (κ3) is 3.32. The number of fused-ring (bicyclic) bond motifs is 1. The predicted octanol–water partition coefficient (Wildman–Crippen LogP) is 2.33. The lowest BCUT2D eigenvalue weighted by Crippen LogP contribution is -2.38. The molecule has 0 saturated carbocycles. The van der Waals surface area contributed by atoms with Crippen molar-refractivity contribution in [3.8, 4) is 17.1 Å². The molecule has 0 unspecified atom stereocenters. The number of aliphatic hydroxyl groups excluding tert-OH is 1. The summed E-state index contributed by atoms with van der Waals surface area (Å²) in [4.78, 5) is 6.93. The first-order valence-electron chi connectivity index (χ1n) is 8.97. The molecule has 0 amide bonds. The van der Waals surface area contributed by atoms with E-state index >= 15 is 0 Å². The van der Waals surface area contributed by atoms with Crippen molar-refractivity contribution < 1.29 is 9.84 Å². The molecule has 1 N–H and O–H groups in total. The smallest absolute Gasteiger partial charge is 0.139 e. The Balaban J connectivity index is 1.39. The second-order valence-corrected chi connectivity index (χ2v) is 6.82. The summed E-state index contributed by atoms with van der Waals surface area (Å²) < 4.78 is 7.82. The molecule has 1 aromatic heterocycles. The molecule has 0 spiro atoms. The van der Waals surface area contributed by atoms with E-state index in [1.807, 2.05) is 6.20 Å². The zero-order valence-electron chi connectivity index (χ0n) is 14.0. The highest BCUT2D eigenvalue weighted by molar-refractivity contribution is 5.60. The molecule has 3 heterocycles. The van der Waals surface area contributed by atoms with Crippen molar-refractivity contribution in [1.29, 1.82) is 0 Å². The zero-order valence-corrected chi connectivity index (χ0v) is 14.0. The monoisotopic (exact) mass is 327 g/mol. The highest BCUT2D eigenvalue weighted by atomic mass is 16.5. The van der Waals surface area contributed by atoms with E-state index in [9.17, 15) is 5.11 Å². The van der Waals surface area contributed by atoms with Gasteiger partial charge in [0.25, 0.3) is 0 Å². The van der Waals surface area contributed by atoms with Crippen LogP contribution in [0.3, 0.4) is 0 Å². The number of piperidine rings is 1. The summed E-state index contributed by atoms with van der Waals surface area (Å²) in [6.07, 6.45) is 7.91. The quantitative estimate of drug-likeness (QED) is 0.916. The van der Waals surface area contributed by atoms with Gasteiger partial charge in [-0.3, -0.25) is 0 Å². The fraction of sp³-hybridized carbons (Fsp3) is 0.526. The summed E-state index contributed by atoms with van der Waals surface area (Å²) >= 11 is 0. The topological polar surface area (TPSA) is 50.5 Å². The second-order valence-electron chi connectivity index (χ2n) is 6.82. The molecule has 1 saturated heterocycles. The highest BCUT2D eigenvalue weighted by Crippen LogP contribution is 2.29. The van der Waals surface area contributed by atoms with Crippen LogP contribution < -0.4 is 4.74 Å². The number of β-amino-alcohol motifs (C(OH)–C–C–N with tert-alkyl or cyclic N) is 1. The van der Waals surface area contributed by atoms with E-state index in [-0.39, 0.29) is 6.10 Å². The van der Waals surface area contributed by atoms with Gasteiger partial charge in [0.1, 0.15) is 11.6 Å². The summed E-state index contributed by atoms with van der Waals surface area (Å²) in [6, 6.07) is 6.37. The van der Waals surface area contributed by atoms with Gasteiger partial charge in [0, 0.05) is 37.5 Å². The number of aryl methyl sites for hydroxylation is 1.